The number of hydrogen-bond acceptors (Lipinski definition) is 3. The SMILES string of the molecule is CC(C)(C)NC(=O)C1CSCN1C(=O)/C=C/c1cccc2ccccc12. The van der Waals surface area contributed by atoms with Gasteiger partial charge in [0.2, 0.25) is 11.8 Å². The highest BCUT2D eigenvalue weighted by molar-refractivity contribution is 7.99. The maximum Gasteiger partial charge on any atom is 0.247 e. The molecule has 1 saturated heterocycles. The number of fused-ring (bicyclic) bond motifs is 1. The monoisotopic (exact) mass is 368 g/mol. The average molecular weight is 369 g/mol. The van der Waals surface area contributed by atoms with E-state index in [1.807, 2.05) is 57.2 Å². The Bertz CT molecular complexity index is 849. The second-order valence-electron chi connectivity index (χ2n) is 7.46. The lowest BCUT2D eigenvalue weighted by atomic mass is 10.0. The fourth-order valence-electron chi connectivity index (χ4n) is 2.98. The van der Waals surface area contributed by atoms with Gasteiger partial charge in [0.1, 0.15) is 6.04 Å². The molecule has 5 heteroatoms. The maximum absolute atomic E-state index is 12.7. The van der Waals surface area contributed by atoms with Crippen molar-refractivity contribution in [3.05, 3.63) is 54.1 Å². The van der Waals surface area contributed by atoms with Gasteiger partial charge in [0.15, 0.2) is 0 Å². The van der Waals surface area contributed by atoms with Gasteiger partial charge in [0, 0.05) is 17.4 Å². The Morgan fingerprint density at radius 2 is 1.88 bits per heavy atom. The van der Waals surface area contributed by atoms with Gasteiger partial charge in [0.05, 0.1) is 5.88 Å². The van der Waals surface area contributed by atoms with Crippen molar-refractivity contribution < 1.29 is 9.59 Å². The molecule has 0 saturated carbocycles. The van der Waals surface area contributed by atoms with Crippen molar-refractivity contribution in [2.45, 2.75) is 32.4 Å². The van der Waals surface area contributed by atoms with Crippen molar-refractivity contribution in [3.8, 4) is 0 Å². The summed E-state index contributed by atoms with van der Waals surface area (Å²) in [6.45, 7) is 5.83. The third-order valence-corrected chi connectivity index (χ3v) is 5.21. The first-order valence-corrected chi connectivity index (χ1v) is 9.87. The number of thioether (sulfide) groups is 1. The number of carbonyl (C=O) groups is 2. The van der Waals surface area contributed by atoms with E-state index < -0.39 is 6.04 Å². The predicted octanol–water partition coefficient (Wildman–Crippen LogP) is 3.67. The molecule has 1 heterocycles. The van der Waals surface area contributed by atoms with E-state index in [2.05, 4.69) is 17.4 Å². The van der Waals surface area contributed by atoms with Crippen LogP contribution in [0.15, 0.2) is 48.5 Å². The molecule has 1 aliphatic rings. The number of amides is 2. The van der Waals surface area contributed by atoms with E-state index in [0.717, 1.165) is 16.3 Å². The Morgan fingerprint density at radius 3 is 2.65 bits per heavy atom. The Kier molecular flexibility index (Phi) is 5.37. The van der Waals surface area contributed by atoms with Crippen molar-refractivity contribution >= 4 is 40.4 Å². The van der Waals surface area contributed by atoms with Crippen molar-refractivity contribution in [2.24, 2.45) is 0 Å². The molecule has 0 radical (unpaired) electrons. The first-order chi connectivity index (χ1) is 12.3. The number of hydrogen-bond donors (Lipinski definition) is 1. The standard InChI is InChI=1S/C21H24N2O2S/c1-21(2,3)22-20(25)18-13-26-14-23(18)19(24)12-11-16-9-6-8-15-7-4-5-10-17(15)16/h4-12,18H,13-14H2,1-3H3,(H,22,25)/b12-11+. The van der Waals surface area contributed by atoms with Gasteiger partial charge < -0.3 is 10.2 Å². The highest BCUT2D eigenvalue weighted by atomic mass is 32.2. The predicted molar refractivity (Wildman–Crippen MR) is 109 cm³/mol. The van der Waals surface area contributed by atoms with Crippen LogP contribution in [-0.2, 0) is 9.59 Å². The van der Waals surface area contributed by atoms with Crippen molar-refractivity contribution in [2.75, 3.05) is 11.6 Å². The van der Waals surface area contributed by atoms with Crippen LogP contribution in [0.4, 0.5) is 0 Å². The summed E-state index contributed by atoms with van der Waals surface area (Å²) in [5.41, 5.74) is 0.691. The van der Waals surface area contributed by atoms with E-state index in [4.69, 9.17) is 0 Å². The number of rotatable bonds is 3. The van der Waals surface area contributed by atoms with Gasteiger partial charge in [-0.2, -0.15) is 0 Å². The van der Waals surface area contributed by atoms with Crippen LogP contribution in [-0.4, -0.2) is 39.9 Å². The van der Waals surface area contributed by atoms with E-state index in [1.165, 1.54) is 0 Å². The van der Waals surface area contributed by atoms with Crippen molar-refractivity contribution in [3.63, 3.8) is 0 Å². The lowest BCUT2D eigenvalue weighted by Gasteiger charge is -2.27. The van der Waals surface area contributed by atoms with E-state index >= 15 is 0 Å². The smallest absolute Gasteiger partial charge is 0.247 e. The maximum atomic E-state index is 12.7. The fraction of sp³-hybridized carbons (Fsp3) is 0.333. The van der Waals surface area contributed by atoms with Crippen LogP contribution in [0.3, 0.4) is 0 Å². The second kappa shape index (κ2) is 7.54. The molecule has 4 nitrogen and oxygen atoms in total. The third-order valence-electron chi connectivity index (χ3n) is 4.20. The van der Waals surface area contributed by atoms with E-state index in [-0.39, 0.29) is 17.4 Å². The molecule has 1 atom stereocenters. The molecule has 2 aromatic carbocycles. The van der Waals surface area contributed by atoms with Gasteiger partial charge in [-0.3, -0.25) is 9.59 Å². The molecule has 136 valence electrons. The molecule has 1 N–H and O–H groups in total. The summed E-state index contributed by atoms with van der Waals surface area (Å²) < 4.78 is 0. The molecule has 1 aliphatic heterocycles. The van der Waals surface area contributed by atoms with Crippen LogP contribution in [0.5, 0.6) is 0 Å². The highest BCUT2D eigenvalue weighted by Gasteiger charge is 2.35. The van der Waals surface area contributed by atoms with Crippen LogP contribution in [0.1, 0.15) is 26.3 Å². The summed E-state index contributed by atoms with van der Waals surface area (Å²) in [5.74, 6) is 0.961. The topological polar surface area (TPSA) is 49.4 Å². The van der Waals surface area contributed by atoms with E-state index in [1.54, 1.807) is 22.7 Å². The first kappa shape index (κ1) is 18.5. The minimum atomic E-state index is -0.413. The van der Waals surface area contributed by atoms with E-state index in [0.29, 0.717) is 11.6 Å². The zero-order valence-corrected chi connectivity index (χ0v) is 16.2. The number of nitrogens with one attached hydrogen (secondary N) is 1. The normalized spacial score (nSPS) is 17.8. The lowest BCUT2D eigenvalue weighted by molar-refractivity contribution is -0.135. The van der Waals surface area contributed by atoms with Gasteiger partial charge in [0.25, 0.3) is 0 Å². The largest absolute Gasteiger partial charge is 0.350 e. The van der Waals surface area contributed by atoms with Crippen molar-refractivity contribution in [1.29, 1.82) is 0 Å². The molecule has 0 aliphatic carbocycles. The van der Waals surface area contributed by atoms with Crippen LogP contribution >= 0.6 is 11.8 Å². The van der Waals surface area contributed by atoms with E-state index in [9.17, 15) is 9.59 Å². The third kappa shape index (κ3) is 4.28. The summed E-state index contributed by atoms with van der Waals surface area (Å²) >= 11 is 1.61. The molecular weight excluding hydrogens is 344 g/mol. The average Bonchev–Trinajstić information content (AvgIpc) is 3.08. The molecule has 2 aromatic rings. The molecule has 0 bridgehead atoms. The Labute approximate surface area is 158 Å². The summed E-state index contributed by atoms with van der Waals surface area (Å²) in [6.07, 6.45) is 3.41. The zero-order valence-electron chi connectivity index (χ0n) is 15.4. The highest BCUT2D eigenvalue weighted by Crippen LogP contribution is 2.23. The molecular formula is C21H24N2O2S. The molecule has 0 spiro atoms. The summed E-state index contributed by atoms with van der Waals surface area (Å²) in [5, 5.41) is 5.22. The zero-order chi connectivity index (χ0) is 18.7. The van der Waals surface area contributed by atoms with Gasteiger partial charge in [-0.25, -0.2) is 0 Å². The van der Waals surface area contributed by atoms with Crippen molar-refractivity contribution in [1.82, 2.24) is 10.2 Å². The van der Waals surface area contributed by atoms with Gasteiger partial charge in [-0.1, -0.05) is 42.5 Å². The van der Waals surface area contributed by atoms with Gasteiger partial charge >= 0.3 is 0 Å². The molecule has 2 amide bonds. The quantitative estimate of drug-likeness (QED) is 0.841. The number of nitrogens with zero attached hydrogens (tertiary/aromatic N) is 1. The second-order valence-corrected chi connectivity index (χ2v) is 8.46. The molecule has 3 rings (SSSR count). The minimum Gasteiger partial charge on any atom is -0.350 e. The summed E-state index contributed by atoms with van der Waals surface area (Å²) in [7, 11) is 0. The molecule has 1 unspecified atom stereocenters. The van der Waals surface area contributed by atoms with Crippen LogP contribution in [0.25, 0.3) is 16.8 Å². The number of carbonyl (C=O) groups excluding carboxylic acids is 2. The summed E-state index contributed by atoms with van der Waals surface area (Å²) in [6, 6.07) is 13.7. The van der Waals surface area contributed by atoms with Crippen LogP contribution < -0.4 is 5.32 Å². The Balaban J connectivity index is 1.76. The Hall–Kier alpha value is -2.27. The van der Waals surface area contributed by atoms with Crippen LogP contribution in [0.2, 0.25) is 0 Å². The van der Waals surface area contributed by atoms with Crippen LogP contribution in [0, 0.1) is 0 Å². The Morgan fingerprint density at radius 1 is 1.15 bits per heavy atom. The first-order valence-electron chi connectivity index (χ1n) is 8.71. The minimum absolute atomic E-state index is 0.0885. The fourth-order valence-corrected chi connectivity index (χ4v) is 4.15. The molecule has 0 aromatic heterocycles. The summed E-state index contributed by atoms with van der Waals surface area (Å²) in [4.78, 5) is 26.8. The molecule has 26 heavy (non-hydrogen) atoms. The number of benzene rings is 2. The molecule has 1 fully saturated rings. The van der Waals surface area contributed by atoms with Gasteiger partial charge in [-0.05, 0) is 43.2 Å². The van der Waals surface area contributed by atoms with Gasteiger partial charge in [-0.15, -0.1) is 11.8 Å². The lowest BCUT2D eigenvalue weighted by Crippen LogP contribution is -2.52.